The number of aliphatic hydroxyl groups is 1. The van der Waals surface area contributed by atoms with Crippen molar-refractivity contribution in [1.29, 1.82) is 0 Å². The summed E-state index contributed by atoms with van der Waals surface area (Å²) in [5.74, 6) is 0. The molecule has 0 aliphatic carbocycles. The average Bonchev–Trinajstić information content (AvgIpc) is 2.38. The van der Waals surface area contributed by atoms with Crippen LogP contribution in [-0.2, 0) is 10.0 Å². The second kappa shape index (κ2) is 6.49. The number of rotatable bonds is 6. The molecule has 0 aliphatic heterocycles. The van der Waals surface area contributed by atoms with Gasteiger partial charge in [-0.1, -0.05) is 18.5 Å². The zero-order valence-corrected chi connectivity index (χ0v) is 12.5. The fourth-order valence-corrected chi connectivity index (χ4v) is 3.16. The highest BCUT2D eigenvalue weighted by molar-refractivity contribution is 7.89. The topological polar surface area (TPSA) is 110 Å². The van der Waals surface area contributed by atoms with Crippen LogP contribution in [0.4, 0.5) is 5.69 Å². The van der Waals surface area contributed by atoms with Crippen LogP contribution in [0.15, 0.2) is 17.0 Å². The molecule has 2 N–H and O–H groups in total. The number of hydrogen-bond acceptors (Lipinski definition) is 5. The molecule has 1 aromatic rings. The highest BCUT2D eigenvalue weighted by atomic mass is 35.5. The van der Waals surface area contributed by atoms with E-state index in [1.165, 1.54) is 6.92 Å². The zero-order valence-electron chi connectivity index (χ0n) is 11.0. The maximum Gasteiger partial charge on any atom is 0.275 e. The maximum atomic E-state index is 12.1. The Labute approximate surface area is 121 Å². The molecule has 0 aliphatic rings. The van der Waals surface area contributed by atoms with Crippen molar-refractivity contribution in [2.45, 2.75) is 31.2 Å². The minimum Gasteiger partial charge on any atom is -0.395 e. The van der Waals surface area contributed by atoms with Gasteiger partial charge in [-0.15, -0.1) is 0 Å². The first-order chi connectivity index (χ1) is 9.22. The molecule has 0 fully saturated rings. The number of halogens is 1. The van der Waals surface area contributed by atoms with Crippen LogP contribution >= 0.6 is 11.6 Å². The van der Waals surface area contributed by atoms with Crippen molar-refractivity contribution in [2.75, 3.05) is 6.61 Å². The van der Waals surface area contributed by atoms with Crippen molar-refractivity contribution in [3.05, 3.63) is 32.8 Å². The molecule has 9 heteroatoms. The lowest BCUT2D eigenvalue weighted by atomic mass is 10.2. The van der Waals surface area contributed by atoms with E-state index in [1.54, 1.807) is 6.92 Å². The number of aliphatic hydroxyl groups excluding tert-OH is 1. The number of nitro groups is 1. The van der Waals surface area contributed by atoms with Gasteiger partial charge in [0.05, 0.1) is 21.4 Å². The third kappa shape index (κ3) is 3.66. The van der Waals surface area contributed by atoms with E-state index in [0.717, 1.165) is 12.1 Å². The fraction of sp³-hybridized carbons (Fsp3) is 0.455. The summed E-state index contributed by atoms with van der Waals surface area (Å²) in [5, 5.41) is 19.9. The Morgan fingerprint density at radius 1 is 1.50 bits per heavy atom. The van der Waals surface area contributed by atoms with E-state index in [1.807, 2.05) is 0 Å². The van der Waals surface area contributed by atoms with Crippen molar-refractivity contribution in [2.24, 2.45) is 0 Å². The summed E-state index contributed by atoms with van der Waals surface area (Å²) in [6.07, 6.45) is 0.386. The number of nitrogens with zero attached hydrogens (tertiary/aromatic N) is 1. The van der Waals surface area contributed by atoms with E-state index in [-0.39, 0.29) is 27.8 Å². The molecule has 0 aromatic heterocycles. The Morgan fingerprint density at radius 3 is 2.55 bits per heavy atom. The Morgan fingerprint density at radius 2 is 2.10 bits per heavy atom. The number of hydrogen-bond donors (Lipinski definition) is 2. The van der Waals surface area contributed by atoms with Crippen LogP contribution in [0.5, 0.6) is 0 Å². The first-order valence-electron chi connectivity index (χ1n) is 5.80. The normalized spacial score (nSPS) is 13.2. The van der Waals surface area contributed by atoms with Crippen LogP contribution in [0.25, 0.3) is 0 Å². The maximum absolute atomic E-state index is 12.1. The highest BCUT2D eigenvalue weighted by Gasteiger charge is 2.24. The molecule has 112 valence electrons. The van der Waals surface area contributed by atoms with Crippen LogP contribution in [-0.4, -0.2) is 31.1 Å². The molecule has 1 rings (SSSR count). The van der Waals surface area contributed by atoms with Gasteiger partial charge in [-0.3, -0.25) is 10.1 Å². The quantitative estimate of drug-likeness (QED) is 0.610. The molecule has 0 amide bonds. The van der Waals surface area contributed by atoms with E-state index in [9.17, 15) is 18.5 Å². The molecule has 0 spiro atoms. The molecule has 0 bridgehead atoms. The molecule has 1 aromatic carbocycles. The average molecular weight is 323 g/mol. The standard InChI is InChI=1S/C11H15ClN2O5S/c1-3-8(6-15)13-20(18,19)9-4-10(12)7(2)11(5-9)14(16)17/h4-5,8,13,15H,3,6H2,1-2H3/t8-/m1/s1. The number of nitrogens with one attached hydrogen (secondary N) is 1. The highest BCUT2D eigenvalue weighted by Crippen LogP contribution is 2.29. The third-order valence-corrected chi connectivity index (χ3v) is 4.72. The van der Waals surface area contributed by atoms with E-state index in [2.05, 4.69) is 4.72 Å². The van der Waals surface area contributed by atoms with Gasteiger partial charge in [-0.2, -0.15) is 0 Å². The first kappa shape index (κ1) is 16.8. The minimum absolute atomic E-state index is 0.00313. The Kier molecular flexibility index (Phi) is 5.46. The van der Waals surface area contributed by atoms with Gasteiger partial charge >= 0.3 is 0 Å². The molecule has 0 saturated heterocycles. The molecule has 0 saturated carbocycles. The van der Waals surface area contributed by atoms with Crippen LogP contribution in [0.3, 0.4) is 0 Å². The monoisotopic (exact) mass is 322 g/mol. The molecule has 20 heavy (non-hydrogen) atoms. The van der Waals surface area contributed by atoms with Gasteiger partial charge in [0.25, 0.3) is 5.69 Å². The summed E-state index contributed by atoms with van der Waals surface area (Å²) >= 11 is 5.83. The summed E-state index contributed by atoms with van der Waals surface area (Å²) in [4.78, 5) is 9.89. The largest absolute Gasteiger partial charge is 0.395 e. The van der Waals surface area contributed by atoms with E-state index >= 15 is 0 Å². The number of nitro benzene ring substituents is 1. The van der Waals surface area contributed by atoms with Crippen molar-refractivity contribution < 1.29 is 18.4 Å². The number of benzene rings is 1. The Bertz CT molecular complexity index is 613. The molecule has 0 heterocycles. The van der Waals surface area contributed by atoms with Gasteiger partial charge in [-0.25, -0.2) is 13.1 Å². The van der Waals surface area contributed by atoms with Gasteiger partial charge in [0, 0.05) is 17.7 Å². The fourth-order valence-electron chi connectivity index (χ4n) is 1.52. The lowest BCUT2D eigenvalue weighted by molar-refractivity contribution is -0.385. The number of sulfonamides is 1. The molecule has 1 atom stereocenters. The molecular weight excluding hydrogens is 308 g/mol. The van der Waals surface area contributed by atoms with Gasteiger partial charge in [0.2, 0.25) is 10.0 Å². The summed E-state index contributed by atoms with van der Waals surface area (Å²) in [7, 11) is -3.98. The lowest BCUT2D eigenvalue weighted by Crippen LogP contribution is -2.36. The summed E-state index contributed by atoms with van der Waals surface area (Å²) in [6, 6.07) is 1.45. The van der Waals surface area contributed by atoms with Crippen molar-refractivity contribution >= 4 is 27.3 Å². The minimum atomic E-state index is -3.98. The van der Waals surface area contributed by atoms with Gasteiger partial charge < -0.3 is 5.11 Å². The van der Waals surface area contributed by atoms with Crippen molar-refractivity contribution in [3.63, 3.8) is 0 Å². The first-order valence-corrected chi connectivity index (χ1v) is 7.66. The second-order valence-corrected chi connectivity index (χ2v) is 6.34. The van der Waals surface area contributed by atoms with Gasteiger partial charge in [0.15, 0.2) is 0 Å². The van der Waals surface area contributed by atoms with E-state index in [0.29, 0.717) is 6.42 Å². The summed E-state index contributed by atoms with van der Waals surface area (Å²) in [5.41, 5.74) is -0.167. The van der Waals surface area contributed by atoms with Crippen LogP contribution < -0.4 is 4.72 Å². The van der Waals surface area contributed by atoms with Crippen LogP contribution in [0, 0.1) is 17.0 Å². The molecule has 0 unspecified atom stereocenters. The smallest absolute Gasteiger partial charge is 0.275 e. The second-order valence-electron chi connectivity index (χ2n) is 4.22. The van der Waals surface area contributed by atoms with Gasteiger partial charge in [0.1, 0.15) is 0 Å². The summed E-state index contributed by atoms with van der Waals surface area (Å²) < 4.78 is 26.5. The zero-order chi connectivity index (χ0) is 15.5. The third-order valence-electron chi connectivity index (χ3n) is 2.83. The Balaban J connectivity index is 3.29. The molecular formula is C11H15ClN2O5S. The Hall–Kier alpha value is -1.22. The van der Waals surface area contributed by atoms with Crippen LogP contribution in [0.1, 0.15) is 18.9 Å². The lowest BCUT2D eigenvalue weighted by Gasteiger charge is -2.14. The van der Waals surface area contributed by atoms with Gasteiger partial charge in [-0.05, 0) is 19.4 Å². The van der Waals surface area contributed by atoms with Crippen LogP contribution in [0.2, 0.25) is 5.02 Å². The summed E-state index contributed by atoms with van der Waals surface area (Å²) in [6.45, 7) is 2.78. The predicted molar refractivity (Wildman–Crippen MR) is 74.3 cm³/mol. The predicted octanol–water partition coefficient (Wildman–Crippen LogP) is 1.61. The van der Waals surface area contributed by atoms with E-state index < -0.39 is 21.0 Å². The van der Waals surface area contributed by atoms with Crippen molar-refractivity contribution in [1.82, 2.24) is 4.72 Å². The SMILES string of the molecule is CC[C@H](CO)NS(=O)(=O)c1cc(Cl)c(C)c([N+](=O)[O-])c1. The van der Waals surface area contributed by atoms with Crippen molar-refractivity contribution in [3.8, 4) is 0 Å². The van der Waals surface area contributed by atoms with E-state index in [4.69, 9.17) is 16.7 Å². The molecule has 0 radical (unpaired) electrons. The molecule has 7 nitrogen and oxygen atoms in total.